The standard InChI is InChI=1S/C11H22O/c1-5-6-8(2)11-9(3)7-10(11)12-4/h8-11H,5-7H2,1-4H3. The molecule has 0 aliphatic heterocycles. The molecule has 0 N–H and O–H groups in total. The van der Waals surface area contributed by atoms with Crippen molar-refractivity contribution in [1.82, 2.24) is 0 Å². The summed E-state index contributed by atoms with van der Waals surface area (Å²) >= 11 is 0. The average molecular weight is 170 g/mol. The van der Waals surface area contributed by atoms with E-state index >= 15 is 0 Å². The van der Waals surface area contributed by atoms with E-state index in [0.717, 1.165) is 17.8 Å². The monoisotopic (exact) mass is 170 g/mol. The lowest BCUT2D eigenvalue weighted by Gasteiger charge is -2.45. The second-order valence-electron chi connectivity index (χ2n) is 4.33. The molecule has 1 aliphatic carbocycles. The highest BCUT2D eigenvalue weighted by Crippen LogP contribution is 2.42. The molecule has 1 heteroatoms. The predicted molar refractivity (Wildman–Crippen MR) is 52.1 cm³/mol. The van der Waals surface area contributed by atoms with Gasteiger partial charge in [-0.3, -0.25) is 0 Å². The first-order valence-electron chi connectivity index (χ1n) is 5.23. The van der Waals surface area contributed by atoms with Crippen LogP contribution >= 0.6 is 0 Å². The molecule has 1 rings (SSSR count). The fourth-order valence-corrected chi connectivity index (χ4v) is 2.68. The van der Waals surface area contributed by atoms with Crippen LogP contribution in [-0.4, -0.2) is 13.2 Å². The first kappa shape index (κ1) is 10.0. The summed E-state index contributed by atoms with van der Waals surface area (Å²) in [6.45, 7) is 6.99. The van der Waals surface area contributed by atoms with Crippen LogP contribution in [0.3, 0.4) is 0 Å². The zero-order valence-corrected chi connectivity index (χ0v) is 8.84. The SMILES string of the molecule is CCCC(C)C1C(C)CC1OC. The van der Waals surface area contributed by atoms with Crippen LogP contribution in [0.25, 0.3) is 0 Å². The Hall–Kier alpha value is -0.0400. The molecule has 4 unspecified atom stereocenters. The zero-order chi connectivity index (χ0) is 9.14. The fraction of sp³-hybridized carbons (Fsp3) is 1.00. The Labute approximate surface area is 76.5 Å². The summed E-state index contributed by atoms with van der Waals surface area (Å²) in [6, 6.07) is 0. The summed E-state index contributed by atoms with van der Waals surface area (Å²) in [5.41, 5.74) is 0. The lowest BCUT2D eigenvalue weighted by atomic mass is 9.65. The smallest absolute Gasteiger partial charge is 0.0607 e. The first-order valence-corrected chi connectivity index (χ1v) is 5.23. The lowest BCUT2D eigenvalue weighted by Crippen LogP contribution is -2.44. The molecule has 1 aliphatic rings. The van der Waals surface area contributed by atoms with E-state index in [1.54, 1.807) is 0 Å². The predicted octanol–water partition coefficient (Wildman–Crippen LogP) is 3.09. The minimum absolute atomic E-state index is 0.557. The van der Waals surface area contributed by atoms with Gasteiger partial charge in [-0.05, 0) is 24.2 Å². The molecule has 0 spiro atoms. The van der Waals surface area contributed by atoms with Crippen molar-refractivity contribution in [1.29, 1.82) is 0 Å². The molecule has 0 saturated heterocycles. The minimum Gasteiger partial charge on any atom is -0.381 e. The molecule has 0 amide bonds. The summed E-state index contributed by atoms with van der Waals surface area (Å²) in [6.07, 6.45) is 4.49. The van der Waals surface area contributed by atoms with Gasteiger partial charge in [0.25, 0.3) is 0 Å². The highest BCUT2D eigenvalue weighted by molar-refractivity contribution is 4.90. The molecule has 0 bridgehead atoms. The first-order chi connectivity index (χ1) is 5.70. The molecule has 0 heterocycles. The Bertz CT molecular complexity index is 133. The molecule has 1 nitrogen and oxygen atoms in total. The van der Waals surface area contributed by atoms with Crippen molar-refractivity contribution in [3.05, 3.63) is 0 Å². The van der Waals surface area contributed by atoms with Gasteiger partial charge in [0.2, 0.25) is 0 Å². The lowest BCUT2D eigenvalue weighted by molar-refractivity contribution is -0.0816. The maximum Gasteiger partial charge on any atom is 0.0607 e. The number of hydrogen-bond donors (Lipinski definition) is 0. The maximum atomic E-state index is 5.44. The van der Waals surface area contributed by atoms with Crippen LogP contribution in [0.5, 0.6) is 0 Å². The van der Waals surface area contributed by atoms with Crippen molar-refractivity contribution in [2.24, 2.45) is 17.8 Å². The number of ether oxygens (including phenoxy) is 1. The van der Waals surface area contributed by atoms with E-state index in [4.69, 9.17) is 4.74 Å². The Morgan fingerprint density at radius 3 is 2.58 bits per heavy atom. The topological polar surface area (TPSA) is 9.23 Å². The third kappa shape index (κ3) is 1.82. The van der Waals surface area contributed by atoms with Crippen LogP contribution in [0.1, 0.15) is 40.0 Å². The van der Waals surface area contributed by atoms with Gasteiger partial charge in [-0.2, -0.15) is 0 Å². The molecule has 1 fully saturated rings. The molecule has 4 atom stereocenters. The van der Waals surface area contributed by atoms with E-state index in [9.17, 15) is 0 Å². The van der Waals surface area contributed by atoms with Crippen molar-refractivity contribution in [3.8, 4) is 0 Å². The van der Waals surface area contributed by atoms with Gasteiger partial charge < -0.3 is 4.74 Å². The number of rotatable bonds is 4. The van der Waals surface area contributed by atoms with Gasteiger partial charge in [0.15, 0.2) is 0 Å². The van der Waals surface area contributed by atoms with Crippen molar-refractivity contribution in [3.63, 3.8) is 0 Å². The average Bonchev–Trinajstić information content (AvgIpc) is 2.00. The fourth-order valence-electron chi connectivity index (χ4n) is 2.68. The van der Waals surface area contributed by atoms with Gasteiger partial charge in [0, 0.05) is 7.11 Å². The molecule has 0 aromatic carbocycles. The molecular weight excluding hydrogens is 148 g/mol. The largest absolute Gasteiger partial charge is 0.381 e. The van der Waals surface area contributed by atoms with E-state index in [-0.39, 0.29) is 0 Å². The molecule has 12 heavy (non-hydrogen) atoms. The third-order valence-electron chi connectivity index (χ3n) is 3.39. The second-order valence-corrected chi connectivity index (χ2v) is 4.33. The quantitative estimate of drug-likeness (QED) is 0.630. The molecule has 72 valence electrons. The molecule has 0 radical (unpaired) electrons. The molecule has 1 saturated carbocycles. The van der Waals surface area contributed by atoms with Gasteiger partial charge in [-0.1, -0.05) is 33.6 Å². The summed E-state index contributed by atoms with van der Waals surface area (Å²) in [7, 11) is 1.85. The Morgan fingerprint density at radius 1 is 1.50 bits per heavy atom. The summed E-state index contributed by atoms with van der Waals surface area (Å²) in [5.74, 6) is 2.56. The van der Waals surface area contributed by atoms with Crippen molar-refractivity contribution in [2.45, 2.75) is 46.1 Å². The normalized spacial score (nSPS) is 37.5. The van der Waals surface area contributed by atoms with E-state index in [0.29, 0.717) is 6.10 Å². The highest BCUT2D eigenvalue weighted by Gasteiger charge is 2.40. The van der Waals surface area contributed by atoms with E-state index in [2.05, 4.69) is 20.8 Å². The van der Waals surface area contributed by atoms with Crippen LogP contribution < -0.4 is 0 Å². The van der Waals surface area contributed by atoms with Gasteiger partial charge in [-0.15, -0.1) is 0 Å². The van der Waals surface area contributed by atoms with E-state index in [1.165, 1.54) is 19.3 Å². The molecule has 0 aromatic heterocycles. The van der Waals surface area contributed by atoms with Crippen LogP contribution in [0.4, 0.5) is 0 Å². The minimum atomic E-state index is 0.557. The highest BCUT2D eigenvalue weighted by atomic mass is 16.5. The summed E-state index contributed by atoms with van der Waals surface area (Å²) in [5, 5.41) is 0. The summed E-state index contributed by atoms with van der Waals surface area (Å²) < 4.78 is 5.44. The van der Waals surface area contributed by atoms with Crippen molar-refractivity contribution >= 4 is 0 Å². The van der Waals surface area contributed by atoms with Crippen LogP contribution in [0, 0.1) is 17.8 Å². The van der Waals surface area contributed by atoms with Crippen LogP contribution in [-0.2, 0) is 4.74 Å². The Kier molecular flexibility index (Phi) is 3.57. The number of hydrogen-bond acceptors (Lipinski definition) is 1. The Balaban J connectivity index is 2.37. The van der Waals surface area contributed by atoms with Gasteiger partial charge in [0.05, 0.1) is 6.10 Å². The van der Waals surface area contributed by atoms with E-state index < -0.39 is 0 Å². The molecule has 0 aromatic rings. The number of methoxy groups -OCH3 is 1. The van der Waals surface area contributed by atoms with Gasteiger partial charge >= 0.3 is 0 Å². The Morgan fingerprint density at radius 2 is 2.17 bits per heavy atom. The van der Waals surface area contributed by atoms with E-state index in [1.807, 2.05) is 7.11 Å². The third-order valence-corrected chi connectivity index (χ3v) is 3.39. The second kappa shape index (κ2) is 4.27. The van der Waals surface area contributed by atoms with Gasteiger partial charge in [0.1, 0.15) is 0 Å². The summed E-state index contributed by atoms with van der Waals surface area (Å²) in [4.78, 5) is 0. The zero-order valence-electron chi connectivity index (χ0n) is 8.84. The molecular formula is C11H22O. The van der Waals surface area contributed by atoms with Gasteiger partial charge in [-0.25, -0.2) is 0 Å². The van der Waals surface area contributed by atoms with Crippen LogP contribution in [0.2, 0.25) is 0 Å². The van der Waals surface area contributed by atoms with Crippen molar-refractivity contribution < 1.29 is 4.74 Å². The van der Waals surface area contributed by atoms with Crippen LogP contribution in [0.15, 0.2) is 0 Å². The maximum absolute atomic E-state index is 5.44. The van der Waals surface area contributed by atoms with Crippen molar-refractivity contribution in [2.75, 3.05) is 7.11 Å².